The standard InChI is InChI=1S/C17H29N3S/c1-12(20-9-7-18-8-10-20)16-19-14-6-5-13(17(2,3)4)11-15(14)21-16/h12-13,18H,5-11H2,1-4H3. The number of hydrogen-bond acceptors (Lipinski definition) is 4. The summed E-state index contributed by atoms with van der Waals surface area (Å²) in [5, 5.41) is 4.78. The molecular formula is C17H29N3S. The lowest BCUT2D eigenvalue weighted by Gasteiger charge is -2.33. The van der Waals surface area contributed by atoms with Crippen molar-refractivity contribution < 1.29 is 0 Å². The highest BCUT2D eigenvalue weighted by Gasteiger charge is 2.31. The molecule has 1 saturated heterocycles. The van der Waals surface area contributed by atoms with Gasteiger partial charge in [0.25, 0.3) is 0 Å². The lowest BCUT2D eigenvalue weighted by molar-refractivity contribution is 0.185. The number of nitrogens with zero attached hydrogens (tertiary/aromatic N) is 2. The quantitative estimate of drug-likeness (QED) is 0.909. The van der Waals surface area contributed by atoms with Crippen molar-refractivity contribution in [2.24, 2.45) is 11.3 Å². The first-order valence-corrected chi connectivity index (χ1v) is 9.20. The zero-order chi connectivity index (χ0) is 15.0. The summed E-state index contributed by atoms with van der Waals surface area (Å²) >= 11 is 1.98. The largest absolute Gasteiger partial charge is 0.314 e. The molecule has 1 aliphatic heterocycles. The first kappa shape index (κ1) is 15.4. The van der Waals surface area contributed by atoms with E-state index in [4.69, 9.17) is 4.98 Å². The molecule has 3 nitrogen and oxygen atoms in total. The van der Waals surface area contributed by atoms with Crippen LogP contribution >= 0.6 is 11.3 Å². The number of piperazine rings is 1. The summed E-state index contributed by atoms with van der Waals surface area (Å²) in [6.45, 7) is 14.0. The zero-order valence-corrected chi connectivity index (χ0v) is 14.7. The van der Waals surface area contributed by atoms with Gasteiger partial charge in [-0.05, 0) is 37.5 Å². The van der Waals surface area contributed by atoms with E-state index in [0.717, 1.165) is 32.1 Å². The van der Waals surface area contributed by atoms with Gasteiger partial charge in [0.15, 0.2) is 0 Å². The second-order valence-corrected chi connectivity index (χ2v) is 8.80. The molecular weight excluding hydrogens is 278 g/mol. The van der Waals surface area contributed by atoms with E-state index in [2.05, 4.69) is 37.9 Å². The van der Waals surface area contributed by atoms with Crippen LogP contribution in [0.4, 0.5) is 0 Å². The Kier molecular flexibility index (Phi) is 4.40. The van der Waals surface area contributed by atoms with E-state index in [-0.39, 0.29) is 0 Å². The van der Waals surface area contributed by atoms with Gasteiger partial charge in [-0.2, -0.15) is 0 Å². The van der Waals surface area contributed by atoms with Gasteiger partial charge < -0.3 is 5.32 Å². The Balaban J connectivity index is 1.74. The molecule has 1 aromatic heterocycles. The average molecular weight is 308 g/mol. The number of nitrogens with one attached hydrogen (secondary N) is 1. The van der Waals surface area contributed by atoms with Crippen LogP contribution < -0.4 is 5.32 Å². The minimum Gasteiger partial charge on any atom is -0.314 e. The molecule has 21 heavy (non-hydrogen) atoms. The second kappa shape index (κ2) is 5.98. The molecule has 1 fully saturated rings. The monoisotopic (exact) mass is 307 g/mol. The smallest absolute Gasteiger partial charge is 0.110 e. The van der Waals surface area contributed by atoms with E-state index >= 15 is 0 Å². The highest BCUT2D eigenvalue weighted by atomic mass is 32.1. The molecule has 2 aliphatic rings. The van der Waals surface area contributed by atoms with E-state index in [9.17, 15) is 0 Å². The van der Waals surface area contributed by atoms with Gasteiger partial charge in [0, 0.05) is 31.1 Å². The van der Waals surface area contributed by atoms with Crippen molar-refractivity contribution in [3.05, 3.63) is 15.6 Å². The normalized spacial score (nSPS) is 25.6. The molecule has 2 atom stereocenters. The summed E-state index contributed by atoms with van der Waals surface area (Å²) in [5.74, 6) is 0.813. The van der Waals surface area contributed by atoms with Crippen molar-refractivity contribution in [2.75, 3.05) is 26.2 Å². The molecule has 0 spiro atoms. The van der Waals surface area contributed by atoms with Gasteiger partial charge in [0.05, 0.1) is 11.7 Å². The molecule has 0 radical (unpaired) electrons. The Hall–Kier alpha value is -0.450. The Labute approximate surface area is 133 Å². The maximum Gasteiger partial charge on any atom is 0.110 e. The van der Waals surface area contributed by atoms with Crippen LogP contribution in [0.3, 0.4) is 0 Å². The van der Waals surface area contributed by atoms with Gasteiger partial charge in [-0.25, -0.2) is 4.98 Å². The highest BCUT2D eigenvalue weighted by molar-refractivity contribution is 7.11. The van der Waals surface area contributed by atoms with Crippen LogP contribution in [0, 0.1) is 11.3 Å². The summed E-state index contributed by atoms with van der Waals surface area (Å²) in [7, 11) is 0. The van der Waals surface area contributed by atoms with Crippen molar-refractivity contribution in [3.63, 3.8) is 0 Å². The number of fused-ring (bicyclic) bond motifs is 1. The number of thiazole rings is 1. The topological polar surface area (TPSA) is 28.2 Å². The predicted molar refractivity (Wildman–Crippen MR) is 89.9 cm³/mol. The Bertz CT molecular complexity index is 483. The molecule has 0 amide bonds. The minimum atomic E-state index is 0.423. The van der Waals surface area contributed by atoms with Crippen LogP contribution in [0.25, 0.3) is 0 Å². The van der Waals surface area contributed by atoms with Crippen LogP contribution in [-0.4, -0.2) is 36.1 Å². The fraction of sp³-hybridized carbons (Fsp3) is 0.824. The highest BCUT2D eigenvalue weighted by Crippen LogP contribution is 2.40. The zero-order valence-electron chi connectivity index (χ0n) is 13.9. The predicted octanol–water partition coefficient (Wildman–Crippen LogP) is 3.26. The molecule has 1 aromatic rings. The lowest BCUT2D eigenvalue weighted by Crippen LogP contribution is -2.44. The first-order valence-electron chi connectivity index (χ1n) is 8.38. The first-order chi connectivity index (χ1) is 9.95. The third-order valence-corrected chi connectivity index (χ3v) is 6.53. The van der Waals surface area contributed by atoms with Crippen molar-refractivity contribution in [1.29, 1.82) is 0 Å². The van der Waals surface area contributed by atoms with Crippen molar-refractivity contribution >= 4 is 11.3 Å². The Morgan fingerprint density at radius 1 is 1.29 bits per heavy atom. The molecule has 1 aliphatic carbocycles. The van der Waals surface area contributed by atoms with Gasteiger partial charge in [-0.15, -0.1) is 11.3 Å². The maximum absolute atomic E-state index is 5.00. The molecule has 0 bridgehead atoms. The number of aromatic nitrogens is 1. The molecule has 1 N–H and O–H groups in total. The molecule has 2 heterocycles. The van der Waals surface area contributed by atoms with E-state index in [1.165, 1.54) is 30.0 Å². The van der Waals surface area contributed by atoms with Gasteiger partial charge in [-0.3, -0.25) is 4.90 Å². The second-order valence-electron chi connectivity index (χ2n) is 7.69. The molecule has 0 saturated carbocycles. The van der Waals surface area contributed by atoms with E-state index in [0.29, 0.717) is 11.5 Å². The Morgan fingerprint density at radius 2 is 2.00 bits per heavy atom. The van der Waals surface area contributed by atoms with Crippen LogP contribution in [0.1, 0.15) is 55.7 Å². The lowest BCUT2D eigenvalue weighted by atomic mass is 9.73. The minimum absolute atomic E-state index is 0.423. The number of aryl methyl sites for hydroxylation is 1. The summed E-state index contributed by atoms with van der Waals surface area (Å²) < 4.78 is 0. The summed E-state index contributed by atoms with van der Waals surface area (Å²) in [6.07, 6.45) is 3.73. The third kappa shape index (κ3) is 3.33. The summed E-state index contributed by atoms with van der Waals surface area (Å²) in [4.78, 5) is 9.14. The van der Waals surface area contributed by atoms with Crippen LogP contribution in [-0.2, 0) is 12.8 Å². The van der Waals surface area contributed by atoms with Gasteiger partial charge in [-0.1, -0.05) is 20.8 Å². The van der Waals surface area contributed by atoms with Crippen LogP contribution in [0.15, 0.2) is 0 Å². The number of hydrogen-bond donors (Lipinski definition) is 1. The molecule has 118 valence electrons. The summed E-state index contributed by atoms with van der Waals surface area (Å²) in [6, 6.07) is 0.482. The van der Waals surface area contributed by atoms with Crippen molar-refractivity contribution in [3.8, 4) is 0 Å². The van der Waals surface area contributed by atoms with Gasteiger partial charge in [0.2, 0.25) is 0 Å². The van der Waals surface area contributed by atoms with E-state index in [1.54, 1.807) is 4.88 Å². The van der Waals surface area contributed by atoms with Gasteiger partial charge >= 0.3 is 0 Å². The third-order valence-electron chi connectivity index (χ3n) is 5.24. The SMILES string of the molecule is CC(c1nc2c(s1)CC(C(C)(C)C)CC2)N1CCNCC1. The molecule has 0 aromatic carbocycles. The summed E-state index contributed by atoms with van der Waals surface area (Å²) in [5.41, 5.74) is 1.82. The Morgan fingerprint density at radius 3 is 2.67 bits per heavy atom. The van der Waals surface area contributed by atoms with Crippen molar-refractivity contribution in [1.82, 2.24) is 15.2 Å². The van der Waals surface area contributed by atoms with Crippen LogP contribution in [0.5, 0.6) is 0 Å². The molecule has 2 unspecified atom stereocenters. The maximum atomic E-state index is 5.00. The van der Waals surface area contributed by atoms with E-state index < -0.39 is 0 Å². The number of rotatable bonds is 2. The van der Waals surface area contributed by atoms with Crippen molar-refractivity contribution in [2.45, 2.75) is 53.0 Å². The fourth-order valence-electron chi connectivity index (χ4n) is 3.54. The van der Waals surface area contributed by atoms with Gasteiger partial charge in [0.1, 0.15) is 5.01 Å². The van der Waals surface area contributed by atoms with Crippen LogP contribution in [0.2, 0.25) is 0 Å². The molecule has 3 rings (SSSR count). The molecule has 4 heteroatoms. The average Bonchev–Trinajstić information content (AvgIpc) is 2.89. The van der Waals surface area contributed by atoms with E-state index in [1.807, 2.05) is 11.3 Å². The fourth-order valence-corrected chi connectivity index (χ4v) is 4.82.